The summed E-state index contributed by atoms with van der Waals surface area (Å²) < 4.78 is 2.41. The molecule has 4 heteroatoms. The number of hydrogen-bond acceptors (Lipinski definition) is 1. The lowest BCUT2D eigenvalue weighted by atomic mass is 9.58. The lowest BCUT2D eigenvalue weighted by molar-refractivity contribution is 0.884. The fraction of sp³-hybridized carbons (Fsp3) is 0.100. The Labute approximate surface area is 205 Å². The second-order valence-corrected chi connectivity index (χ2v) is 10.6. The van der Waals surface area contributed by atoms with Gasteiger partial charge < -0.3 is 4.57 Å². The minimum Gasteiger partial charge on any atom is -0.347 e. The highest BCUT2D eigenvalue weighted by molar-refractivity contribution is 6.54. The van der Waals surface area contributed by atoms with E-state index in [0.717, 1.165) is 13.4 Å². The van der Waals surface area contributed by atoms with Crippen LogP contribution < -0.4 is 5.72 Å². The Kier molecular flexibility index (Phi) is 7.17. The molecule has 5 rings (SSSR count). The second kappa shape index (κ2) is 11.0. The number of hydrogen-bond donors (Lipinski definition) is 0. The van der Waals surface area contributed by atoms with Crippen LogP contribution in [0.25, 0.3) is 0 Å². The highest BCUT2D eigenvalue weighted by atomic mass is 28.2. The van der Waals surface area contributed by atoms with E-state index in [1.807, 2.05) is 6.20 Å². The van der Waals surface area contributed by atoms with E-state index in [2.05, 4.69) is 132 Å². The fourth-order valence-corrected chi connectivity index (χ4v) is 7.03. The van der Waals surface area contributed by atoms with Gasteiger partial charge in [0.05, 0.1) is 15.2 Å². The van der Waals surface area contributed by atoms with Gasteiger partial charge in [0.1, 0.15) is 0 Å². The largest absolute Gasteiger partial charge is 0.347 e. The predicted molar refractivity (Wildman–Crippen MR) is 147 cm³/mol. The third-order valence-electron chi connectivity index (χ3n) is 6.65. The van der Waals surface area contributed by atoms with Crippen LogP contribution in [0, 0.1) is 0 Å². The van der Waals surface area contributed by atoms with Crippen LogP contribution in [0.5, 0.6) is 0 Å². The van der Waals surface area contributed by atoms with Crippen molar-refractivity contribution in [1.82, 2.24) is 9.55 Å². The number of rotatable bonds is 9. The van der Waals surface area contributed by atoms with Gasteiger partial charge in [0.25, 0.3) is 0 Å². The van der Waals surface area contributed by atoms with Gasteiger partial charge in [-0.2, -0.15) is 0 Å². The highest BCUT2D eigenvalue weighted by Gasteiger charge is 2.20. The molecular formula is C30H29BN2Si. The van der Waals surface area contributed by atoms with Gasteiger partial charge in [0.2, 0.25) is 7.28 Å². The van der Waals surface area contributed by atoms with Gasteiger partial charge in [-0.15, -0.1) is 0 Å². The van der Waals surface area contributed by atoms with Crippen LogP contribution in [0.2, 0.25) is 0 Å². The van der Waals surface area contributed by atoms with Crippen molar-refractivity contribution in [2.24, 2.45) is 0 Å². The van der Waals surface area contributed by atoms with Crippen LogP contribution in [0.15, 0.2) is 134 Å². The van der Waals surface area contributed by atoms with Crippen LogP contribution in [0.3, 0.4) is 0 Å². The molecule has 0 aliphatic rings. The molecule has 4 aromatic carbocycles. The molecule has 0 saturated heterocycles. The fourth-order valence-electron chi connectivity index (χ4n) is 4.88. The average molecular weight is 456 g/mol. The Hall–Kier alpha value is -3.63. The topological polar surface area (TPSA) is 17.8 Å². The van der Waals surface area contributed by atoms with Crippen LogP contribution in [-0.4, -0.2) is 26.4 Å². The summed E-state index contributed by atoms with van der Waals surface area (Å²) in [5.41, 5.74) is 7.20. The molecule has 0 amide bonds. The minimum absolute atomic E-state index is 0.296. The van der Waals surface area contributed by atoms with Gasteiger partial charge in [-0.25, -0.2) is 0 Å². The quantitative estimate of drug-likeness (QED) is 0.295. The SMILES string of the molecule is B(c1nccn1C[SiH2]C(c1ccccc1)c1ccccc1)C(c1ccccc1)c1ccccc1. The molecule has 0 aliphatic heterocycles. The molecule has 1 heterocycles. The summed E-state index contributed by atoms with van der Waals surface area (Å²) in [6.07, 6.45) is 5.21. The molecule has 0 atom stereocenters. The van der Waals surface area contributed by atoms with Crippen molar-refractivity contribution in [2.45, 2.75) is 17.5 Å². The van der Waals surface area contributed by atoms with Gasteiger partial charge in [0, 0.05) is 18.6 Å². The number of nitrogens with zero attached hydrogens (tertiary/aromatic N) is 2. The van der Waals surface area contributed by atoms with Crippen molar-refractivity contribution >= 4 is 22.5 Å². The van der Waals surface area contributed by atoms with E-state index < -0.39 is 9.52 Å². The molecule has 0 spiro atoms. The summed E-state index contributed by atoms with van der Waals surface area (Å²) in [5, 5.41) is 0. The summed E-state index contributed by atoms with van der Waals surface area (Å²) >= 11 is 0. The molecule has 34 heavy (non-hydrogen) atoms. The maximum absolute atomic E-state index is 4.82. The van der Waals surface area contributed by atoms with Crippen LogP contribution in [-0.2, 0) is 6.17 Å². The maximum atomic E-state index is 4.82. The predicted octanol–water partition coefficient (Wildman–Crippen LogP) is 4.65. The first-order valence-electron chi connectivity index (χ1n) is 12.1. The van der Waals surface area contributed by atoms with Gasteiger partial charge in [-0.3, -0.25) is 4.98 Å². The van der Waals surface area contributed by atoms with Gasteiger partial charge in [0.15, 0.2) is 0 Å². The van der Waals surface area contributed by atoms with E-state index in [9.17, 15) is 0 Å². The molecule has 5 aromatic rings. The van der Waals surface area contributed by atoms with Crippen molar-refractivity contribution in [1.29, 1.82) is 0 Å². The Bertz CT molecular complexity index is 1200. The Morgan fingerprint density at radius 2 is 1.06 bits per heavy atom. The van der Waals surface area contributed by atoms with Crippen molar-refractivity contribution in [3.8, 4) is 0 Å². The Morgan fingerprint density at radius 1 is 0.618 bits per heavy atom. The third kappa shape index (κ3) is 5.29. The smallest absolute Gasteiger partial charge is 0.217 e. The minimum atomic E-state index is -0.498. The van der Waals surface area contributed by atoms with Crippen molar-refractivity contribution in [2.75, 3.05) is 0 Å². The molecule has 0 fully saturated rings. The molecule has 2 nitrogen and oxygen atoms in total. The Balaban J connectivity index is 1.39. The number of benzene rings is 4. The molecular weight excluding hydrogens is 427 g/mol. The molecule has 0 aliphatic carbocycles. The van der Waals surface area contributed by atoms with E-state index >= 15 is 0 Å². The summed E-state index contributed by atoms with van der Waals surface area (Å²) in [6.45, 7) is 0. The van der Waals surface area contributed by atoms with Crippen LogP contribution in [0.1, 0.15) is 33.6 Å². The van der Waals surface area contributed by atoms with E-state index in [4.69, 9.17) is 4.98 Å². The van der Waals surface area contributed by atoms with Crippen molar-refractivity contribution < 1.29 is 0 Å². The highest BCUT2D eigenvalue weighted by Crippen LogP contribution is 2.25. The zero-order chi connectivity index (χ0) is 23.0. The first-order valence-corrected chi connectivity index (χ1v) is 13.9. The van der Waals surface area contributed by atoms with Crippen LogP contribution in [0.4, 0.5) is 0 Å². The lowest BCUT2D eigenvalue weighted by Gasteiger charge is -2.20. The van der Waals surface area contributed by atoms with Gasteiger partial charge >= 0.3 is 0 Å². The standard InChI is InChI=1S/C30H29BN2Si/c1-5-13-24(14-6-1)28(25-15-7-2-8-16-25)31-30-32-21-22-33(30)23-34-29(26-17-9-3-10-18-26)27-19-11-4-12-20-27/h1-22,28-29,31H,23,34H2. The monoisotopic (exact) mass is 456 g/mol. The lowest BCUT2D eigenvalue weighted by Crippen LogP contribution is -2.33. The first-order chi connectivity index (χ1) is 16.9. The molecule has 0 radical (unpaired) electrons. The summed E-state index contributed by atoms with van der Waals surface area (Å²) in [4.78, 5) is 4.82. The van der Waals surface area contributed by atoms with Gasteiger partial charge in [-0.1, -0.05) is 121 Å². The Morgan fingerprint density at radius 3 is 1.53 bits per heavy atom. The molecule has 0 unspecified atom stereocenters. The maximum Gasteiger partial charge on any atom is 0.217 e. The molecule has 0 saturated carbocycles. The zero-order valence-electron chi connectivity index (χ0n) is 19.4. The average Bonchev–Trinajstić information content (AvgIpc) is 3.36. The summed E-state index contributed by atoms with van der Waals surface area (Å²) in [6, 6.07) is 43.6. The van der Waals surface area contributed by atoms with Gasteiger partial charge in [-0.05, 0) is 33.6 Å². The zero-order valence-corrected chi connectivity index (χ0v) is 20.8. The number of imidazole rings is 1. The first kappa shape index (κ1) is 22.2. The van der Waals surface area contributed by atoms with E-state index in [0.29, 0.717) is 11.4 Å². The molecule has 0 N–H and O–H groups in total. The third-order valence-corrected chi connectivity index (χ3v) is 8.92. The van der Waals surface area contributed by atoms with Crippen molar-refractivity contribution in [3.63, 3.8) is 0 Å². The van der Waals surface area contributed by atoms with E-state index in [1.165, 1.54) is 28.0 Å². The number of aromatic nitrogens is 2. The molecule has 166 valence electrons. The van der Waals surface area contributed by atoms with Crippen LogP contribution >= 0.6 is 0 Å². The summed E-state index contributed by atoms with van der Waals surface area (Å²) in [7, 11) is 0.401. The van der Waals surface area contributed by atoms with E-state index in [1.54, 1.807) is 0 Å². The second-order valence-electron chi connectivity index (χ2n) is 8.78. The van der Waals surface area contributed by atoms with Crippen molar-refractivity contribution in [3.05, 3.63) is 156 Å². The normalized spacial score (nSPS) is 11.5. The molecule has 1 aromatic heterocycles. The molecule has 0 bridgehead atoms. The van der Waals surface area contributed by atoms with E-state index in [-0.39, 0.29) is 0 Å². The summed E-state index contributed by atoms with van der Waals surface area (Å²) in [5.74, 6) is 0.296.